The average molecular weight is 279 g/mol. The van der Waals surface area contributed by atoms with Gasteiger partial charge in [0.2, 0.25) is 0 Å². The summed E-state index contributed by atoms with van der Waals surface area (Å²) in [4.78, 5) is 12.3. The van der Waals surface area contributed by atoms with Crippen molar-refractivity contribution in [2.45, 2.75) is 34.1 Å². The summed E-state index contributed by atoms with van der Waals surface area (Å²) in [7, 11) is 0. The van der Waals surface area contributed by atoms with Crippen LogP contribution >= 0.6 is 11.3 Å². The third-order valence-corrected chi connectivity index (χ3v) is 4.64. The lowest BCUT2D eigenvalue weighted by molar-refractivity contribution is 0.0703. The number of hydrogen-bond donors (Lipinski definition) is 2. The summed E-state index contributed by atoms with van der Waals surface area (Å²) >= 11 is 1.23. The fourth-order valence-electron chi connectivity index (χ4n) is 2.32. The van der Waals surface area contributed by atoms with Crippen LogP contribution in [-0.4, -0.2) is 11.1 Å². The van der Waals surface area contributed by atoms with Gasteiger partial charge in [0.05, 0.1) is 5.69 Å². The van der Waals surface area contributed by atoms with Crippen LogP contribution in [0.5, 0.6) is 0 Å². The van der Waals surface area contributed by atoms with E-state index in [0.29, 0.717) is 12.1 Å². The molecule has 0 aliphatic heterocycles. The second-order valence-electron chi connectivity index (χ2n) is 4.53. The molecular formula is C14H17NO3S. The first-order valence-electron chi connectivity index (χ1n) is 6.09. The Morgan fingerprint density at radius 1 is 1.32 bits per heavy atom. The quantitative estimate of drug-likeness (QED) is 0.896. The molecule has 102 valence electrons. The Morgan fingerprint density at radius 3 is 2.37 bits per heavy atom. The summed E-state index contributed by atoms with van der Waals surface area (Å²) in [6.45, 7) is 7.76. The topological polar surface area (TPSA) is 76.5 Å². The zero-order valence-corrected chi connectivity index (χ0v) is 12.3. The minimum Gasteiger partial charge on any atom is -0.477 e. The summed E-state index contributed by atoms with van der Waals surface area (Å²) in [5.41, 5.74) is 9.27. The Labute approximate surface area is 115 Å². The molecule has 0 bridgehead atoms. The molecule has 19 heavy (non-hydrogen) atoms. The maximum absolute atomic E-state index is 11.2. The molecule has 2 aromatic rings. The van der Waals surface area contributed by atoms with Crippen molar-refractivity contribution in [3.8, 4) is 10.4 Å². The highest BCUT2D eigenvalue weighted by Crippen LogP contribution is 2.43. The van der Waals surface area contributed by atoms with E-state index in [-0.39, 0.29) is 4.88 Å². The van der Waals surface area contributed by atoms with Gasteiger partial charge in [0.15, 0.2) is 0 Å². The van der Waals surface area contributed by atoms with E-state index in [9.17, 15) is 9.90 Å². The van der Waals surface area contributed by atoms with Crippen molar-refractivity contribution in [1.82, 2.24) is 0 Å². The average Bonchev–Trinajstić information content (AvgIpc) is 2.77. The number of carboxylic acid groups (broad SMARTS) is 1. The zero-order chi connectivity index (χ0) is 14.3. The van der Waals surface area contributed by atoms with Crippen LogP contribution in [0.1, 0.15) is 39.2 Å². The van der Waals surface area contributed by atoms with E-state index in [2.05, 4.69) is 0 Å². The van der Waals surface area contributed by atoms with Crippen molar-refractivity contribution < 1.29 is 14.3 Å². The Bertz CT molecular complexity index is 652. The molecule has 0 saturated carbocycles. The van der Waals surface area contributed by atoms with Crippen LogP contribution in [-0.2, 0) is 6.42 Å². The molecule has 0 aliphatic carbocycles. The Balaban J connectivity index is 2.75. The maximum Gasteiger partial charge on any atom is 0.348 e. The van der Waals surface area contributed by atoms with Crippen molar-refractivity contribution >= 4 is 23.0 Å². The number of hydrogen-bond acceptors (Lipinski definition) is 4. The molecule has 0 aromatic carbocycles. The van der Waals surface area contributed by atoms with Gasteiger partial charge < -0.3 is 15.3 Å². The highest BCUT2D eigenvalue weighted by molar-refractivity contribution is 7.18. The van der Waals surface area contributed by atoms with E-state index >= 15 is 0 Å². The Hall–Kier alpha value is -1.75. The number of rotatable bonds is 3. The van der Waals surface area contributed by atoms with Crippen molar-refractivity contribution in [3.63, 3.8) is 0 Å². The minimum atomic E-state index is -0.973. The molecule has 0 aliphatic rings. The number of nitrogens with two attached hydrogens (primary N) is 1. The summed E-state index contributed by atoms with van der Waals surface area (Å²) in [5, 5.41) is 9.20. The number of aryl methyl sites for hydroxylation is 2. The standard InChI is InChI=1S/C14H17NO3S/c1-5-9-11(15)13(14(16)17)19-12(9)10-6(2)7(3)18-8(10)4/h5,15H2,1-4H3,(H,16,17). The van der Waals surface area contributed by atoms with Gasteiger partial charge in [-0.2, -0.15) is 0 Å². The number of aromatic carboxylic acids is 1. The molecule has 0 unspecified atom stereocenters. The largest absolute Gasteiger partial charge is 0.477 e. The lowest BCUT2D eigenvalue weighted by atomic mass is 10.0. The first kappa shape index (κ1) is 13.7. The second kappa shape index (κ2) is 4.74. The molecule has 0 saturated heterocycles. The molecule has 0 radical (unpaired) electrons. The second-order valence-corrected chi connectivity index (χ2v) is 5.55. The van der Waals surface area contributed by atoms with Gasteiger partial charge in [-0.1, -0.05) is 6.92 Å². The van der Waals surface area contributed by atoms with Crippen LogP contribution in [0.2, 0.25) is 0 Å². The minimum absolute atomic E-state index is 0.213. The van der Waals surface area contributed by atoms with Crippen molar-refractivity contribution in [2.24, 2.45) is 0 Å². The van der Waals surface area contributed by atoms with Crippen LogP contribution < -0.4 is 5.73 Å². The molecule has 5 heteroatoms. The van der Waals surface area contributed by atoms with Crippen molar-refractivity contribution in [2.75, 3.05) is 5.73 Å². The lowest BCUT2D eigenvalue weighted by Crippen LogP contribution is -1.99. The predicted octanol–water partition coefficient (Wildman–Crippen LogP) is 3.78. The number of furan rings is 1. The van der Waals surface area contributed by atoms with Gasteiger partial charge in [-0.25, -0.2) is 4.79 Å². The van der Waals surface area contributed by atoms with E-state index in [4.69, 9.17) is 10.2 Å². The highest BCUT2D eigenvalue weighted by Gasteiger charge is 2.24. The van der Waals surface area contributed by atoms with Crippen molar-refractivity contribution in [3.05, 3.63) is 27.5 Å². The fourth-order valence-corrected chi connectivity index (χ4v) is 3.62. The third kappa shape index (κ3) is 2.04. The molecule has 3 N–H and O–H groups in total. The van der Waals surface area contributed by atoms with Crippen LogP contribution in [0.15, 0.2) is 4.42 Å². The predicted molar refractivity (Wildman–Crippen MR) is 77.0 cm³/mol. The van der Waals surface area contributed by atoms with E-state index < -0.39 is 5.97 Å². The fraction of sp³-hybridized carbons (Fsp3) is 0.357. The summed E-state index contributed by atoms with van der Waals surface area (Å²) < 4.78 is 5.63. The number of carbonyl (C=O) groups is 1. The summed E-state index contributed by atoms with van der Waals surface area (Å²) in [6.07, 6.45) is 0.702. The molecule has 0 atom stereocenters. The summed E-state index contributed by atoms with van der Waals surface area (Å²) in [5.74, 6) is 0.695. The van der Waals surface area contributed by atoms with E-state index in [1.807, 2.05) is 27.7 Å². The monoisotopic (exact) mass is 279 g/mol. The first-order chi connectivity index (χ1) is 8.88. The Morgan fingerprint density at radius 2 is 1.95 bits per heavy atom. The molecular weight excluding hydrogens is 262 g/mol. The van der Waals surface area contributed by atoms with Gasteiger partial charge in [0.1, 0.15) is 16.4 Å². The van der Waals surface area contributed by atoms with Crippen LogP contribution in [0.25, 0.3) is 10.4 Å². The highest BCUT2D eigenvalue weighted by atomic mass is 32.1. The van der Waals surface area contributed by atoms with Gasteiger partial charge in [0, 0.05) is 10.4 Å². The molecule has 2 heterocycles. The normalized spacial score (nSPS) is 10.9. The van der Waals surface area contributed by atoms with Crippen LogP contribution in [0, 0.1) is 20.8 Å². The van der Waals surface area contributed by atoms with Crippen LogP contribution in [0.4, 0.5) is 5.69 Å². The summed E-state index contributed by atoms with van der Waals surface area (Å²) in [6, 6.07) is 0. The van der Waals surface area contributed by atoms with E-state index in [1.165, 1.54) is 11.3 Å². The van der Waals surface area contributed by atoms with Crippen LogP contribution in [0.3, 0.4) is 0 Å². The molecule has 0 spiro atoms. The SMILES string of the molecule is CCc1c(-c2c(C)oc(C)c2C)sc(C(=O)O)c1N. The van der Waals surface area contributed by atoms with Crippen molar-refractivity contribution in [1.29, 1.82) is 0 Å². The molecule has 4 nitrogen and oxygen atoms in total. The number of thiophene rings is 1. The zero-order valence-electron chi connectivity index (χ0n) is 11.5. The van der Waals surface area contributed by atoms with Gasteiger partial charge in [0.25, 0.3) is 0 Å². The molecule has 2 aromatic heterocycles. The number of carboxylic acids is 1. The molecule has 0 fully saturated rings. The molecule has 0 amide bonds. The van der Waals surface area contributed by atoms with Gasteiger partial charge >= 0.3 is 5.97 Å². The molecule has 2 rings (SSSR count). The maximum atomic E-state index is 11.2. The van der Waals surface area contributed by atoms with E-state index in [0.717, 1.165) is 33.1 Å². The lowest BCUT2D eigenvalue weighted by Gasteiger charge is -2.02. The smallest absolute Gasteiger partial charge is 0.348 e. The van der Waals surface area contributed by atoms with Gasteiger partial charge in [-0.15, -0.1) is 11.3 Å². The first-order valence-corrected chi connectivity index (χ1v) is 6.91. The number of nitrogen functional groups attached to an aromatic ring is 1. The Kier molecular flexibility index (Phi) is 3.41. The van der Waals surface area contributed by atoms with E-state index in [1.54, 1.807) is 0 Å². The van der Waals surface area contributed by atoms with Gasteiger partial charge in [-0.05, 0) is 38.3 Å². The van der Waals surface area contributed by atoms with Gasteiger partial charge in [-0.3, -0.25) is 0 Å². The number of anilines is 1. The third-order valence-electron chi connectivity index (χ3n) is 3.38.